The highest BCUT2D eigenvalue weighted by molar-refractivity contribution is 6.17. The van der Waals surface area contributed by atoms with Gasteiger partial charge >= 0.3 is 0 Å². The molecule has 0 atom stereocenters. The fourth-order valence-electron chi connectivity index (χ4n) is 1.35. The van der Waals surface area contributed by atoms with Crippen molar-refractivity contribution in [3.05, 3.63) is 42.0 Å². The molecule has 0 amide bonds. The number of hydrogen-bond acceptors (Lipinski definition) is 2. The first-order valence-electron chi connectivity index (χ1n) is 5.78. The second-order valence-corrected chi connectivity index (χ2v) is 4.04. The highest BCUT2D eigenvalue weighted by Gasteiger charge is 1.93. The Labute approximate surface area is 108 Å². The molecule has 1 rings (SSSR count). The lowest BCUT2D eigenvalue weighted by atomic mass is 10.2. The maximum Gasteiger partial charge on any atom is 0.118 e. The normalized spacial score (nSPS) is 10.9. The van der Waals surface area contributed by atoms with Gasteiger partial charge in [-0.3, -0.25) is 0 Å². The highest BCUT2D eigenvalue weighted by Crippen LogP contribution is 2.11. The van der Waals surface area contributed by atoms with Crippen LogP contribution in [0, 0.1) is 0 Å². The van der Waals surface area contributed by atoms with Crippen molar-refractivity contribution in [2.75, 3.05) is 19.6 Å². The van der Waals surface area contributed by atoms with E-state index in [2.05, 4.69) is 6.08 Å². The van der Waals surface area contributed by atoms with E-state index in [0.29, 0.717) is 13.2 Å². The first-order valence-corrected chi connectivity index (χ1v) is 6.32. The first-order chi connectivity index (χ1) is 8.36. The highest BCUT2D eigenvalue weighted by atomic mass is 35.5. The van der Waals surface area contributed by atoms with Crippen molar-refractivity contribution in [2.45, 2.75) is 19.4 Å². The van der Waals surface area contributed by atoms with Crippen molar-refractivity contribution in [2.24, 2.45) is 0 Å². The van der Waals surface area contributed by atoms with E-state index >= 15 is 0 Å². The second kappa shape index (κ2) is 9.08. The number of methoxy groups -OCH3 is 1. The summed E-state index contributed by atoms with van der Waals surface area (Å²) in [4.78, 5) is 0. The monoisotopic (exact) mass is 254 g/mol. The van der Waals surface area contributed by atoms with Crippen LogP contribution in [0.15, 0.2) is 36.4 Å². The maximum atomic E-state index is 5.57. The van der Waals surface area contributed by atoms with Crippen molar-refractivity contribution in [1.29, 1.82) is 0 Å². The van der Waals surface area contributed by atoms with Gasteiger partial charge < -0.3 is 9.47 Å². The van der Waals surface area contributed by atoms with Crippen LogP contribution in [0.1, 0.15) is 18.4 Å². The molecule has 0 fully saturated rings. The second-order valence-electron chi connectivity index (χ2n) is 3.67. The third-order valence-electron chi connectivity index (χ3n) is 2.31. The summed E-state index contributed by atoms with van der Waals surface area (Å²) in [5.41, 5.74) is 1.15. The number of ether oxygens (including phenoxy) is 2. The van der Waals surface area contributed by atoms with Crippen molar-refractivity contribution in [3.63, 3.8) is 0 Å². The zero-order valence-electron chi connectivity index (χ0n) is 10.2. The topological polar surface area (TPSA) is 18.5 Å². The molecule has 1 aromatic rings. The van der Waals surface area contributed by atoms with E-state index in [1.54, 1.807) is 7.11 Å². The first kappa shape index (κ1) is 14.1. The SMILES string of the molecule is COc1ccc(COC/C=C\CCCCl)cc1. The van der Waals surface area contributed by atoms with Crippen LogP contribution in [0.3, 0.4) is 0 Å². The lowest BCUT2D eigenvalue weighted by molar-refractivity contribution is 0.148. The number of rotatable bonds is 8. The Bertz CT molecular complexity index is 319. The van der Waals surface area contributed by atoms with Crippen molar-refractivity contribution in [1.82, 2.24) is 0 Å². The molecule has 0 spiro atoms. The molecule has 0 saturated carbocycles. The molecule has 2 nitrogen and oxygen atoms in total. The fraction of sp³-hybridized carbons (Fsp3) is 0.429. The molecule has 0 aromatic heterocycles. The van der Waals surface area contributed by atoms with Crippen LogP contribution in [-0.4, -0.2) is 19.6 Å². The molecule has 0 saturated heterocycles. The van der Waals surface area contributed by atoms with Gasteiger partial charge in [0.15, 0.2) is 0 Å². The minimum Gasteiger partial charge on any atom is -0.497 e. The largest absolute Gasteiger partial charge is 0.497 e. The van der Waals surface area contributed by atoms with E-state index in [4.69, 9.17) is 21.1 Å². The van der Waals surface area contributed by atoms with Crippen LogP contribution in [0.2, 0.25) is 0 Å². The molecule has 94 valence electrons. The van der Waals surface area contributed by atoms with Gasteiger partial charge in [0.2, 0.25) is 0 Å². The summed E-state index contributed by atoms with van der Waals surface area (Å²) in [6.07, 6.45) is 6.19. The van der Waals surface area contributed by atoms with Crippen LogP contribution in [0.4, 0.5) is 0 Å². The summed E-state index contributed by atoms with van der Waals surface area (Å²) in [7, 11) is 1.66. The molecule has 0 bridgehead atoms. The molecular formula is C14H19ClO2. The standard InChI is InChI=1S/C14H19ClO2/c1-16-14-8-6-13(7-9-14)12-17-11-5-3-2-4-10-15/h3,5-9H,2,4,10-12H2,1H3/b5-3-. The van der Waals surface area contributed by atoms with Crippen LogP contribution in [0.25, 0.3) is 0 Å². The predicted molar refractivity (Wildman–Crippen MR) is 71.7 cm³/mol. The average Bonchev–Trinajstić information content (AvgIpc) is 2.38. The van der Waals surface area contributed by atoms with Gasteiger partial charge in [-0.1, -0.05) is 24.3 Å². The van der Waals surface area contributed by atoms with Gasteiger partial charge in [0.25, 0.3) is 0 Å². The Balaban J connectivity index is 2.15. The number of benzene rings is 1. The summed E-state index contributed by atoms with van der Waals surface area (Å²) in [5.74, 6) is 1.59. The van der Waals surface area contributed by atoms with Crippen molar-refractivity contribution in [3.8, 4) is 5.75 Å². The zero-order chi connectivity index (χ0) is 12.3. The van der Waals surface area contributed by atoms with Crippen molar-refractivity contribution >= 4 is 11.6 Å². The number of allylic oxidation sites excluding steroid dienone is 1. The van der Waals surface area contributed by atoms with E-state index in [1.165, 1.54) is 0 Å². The molecule has 0 aliphatic rings. The van der Waals surface area contributed by atoms with Crippen LogP contribution in [0.5, 0.6) is 5.75 Å². The molecule has 0 aliphatic heterocycles. The average molecular weight is 255 g/mol. The summed E-state index contributed by atoms with van der Waals surface area (Å²) in [6.45, 7) is 1.28. The lowest BCUT2D eigenvalue weighted by Crippen LogP contribution is -1.93. The molecular weight excluding hydrogens is 236 g/mol. The molecule has 3 heteroatoms. The van der Waals surface area contributed by atoms with E-state index in [-0.39, 0.29) is 0 Å². The smallest absolute Gasteiger partial charge is 0.118 e. The number of hydrogen-bond donors (Lipinski definition) is 0. The van der Waals surface area contributed by atoms with Gasteiger partial charge in [-0.25, -0.2) is 0 Å². The third-order valence-corrected chi connectivity index (χ3v) is 2.58. The Morgan fingerprint density at radius 2 is 1.94 bits per heavy atom. The zero-order valence-corrected chi connectivity index (χ0v) is 11.0. The Kier molecular flexibility index (Phi) is 7.52. The van der Waals surface area contributed by atoms with Crippen molar-refractivity contribution < 1.29 is 9.47 Å². The van der Waals surface area contributed by atoms with Gasteiger partial charge in [-0.15, -0.1) is 11.6 Å². The molecule has 0 radical (unpaired) electrons. The Morgan fingerprint density at radius 1 is 1.18 bits per heavy atom. The minimum absolute atomic E-state index is 0.629. The molecule has 0 heterocycles. The van der Waals surface area contributed by atoms with E-state index in [0.717, 1.165) is 30.0 Å². The summed E-state index contributed by atoms with van der Waals surface area (Å²) in [6, 6.07) is 7.90. The van der Waals surface area contributed by atoms with E-state index < -0.39 is 0 Å². The molecule has 0 unspecified atom stereocenters. The van der Waals surface area contributed by atoms with Gasteiger partial charge in [-0.2, -0.15) is 0 Å². The van der Waals surface area contributed by atoms with Crippen LogP contribution >= 0.6 is 11.6 Å². The molecule has 0 aliphatic carbocycles. The van der Waals surface area contributed by atoms with Gasteiger partial charge in [0.05, 0.1) is 20.3 Å². The number of unbranched alkanes of at least 4 members (excludes halogenated alkanes) is 1. The fourth-order valence-corrected chi connectivity index (χ4v) is 1.50. The maximum absolute atomic E-state index is 5.57. The molecule has 0 N–H and O–H groups in total. The van der Waals surface area contributed by atoms with Crippen LogP contribution in [-0.2, 0) is 11.3 Å². The minimum atomic E-state index is 0.629. The molecule has 1 aromatic carbocycles. The summed E-state index contributed by atoms with van der Waals surface area (Å²) in [5, 5.41) is 0. The van der Waals surface area contributed by atoms with E-state index in [1.807, 2.05) is 30.3 Å². The Morgan fingerprint density at radius 3 is 2.59 bits per heavy atom. The third kappa shape index (κ3) is 6.35. The summed E-state index contributed by atoms with van der Waals surface area (Å²) < 4.78 is 10.6. The van der Waals surface area contributed by atoms with E-state index in [9.17, 15) is 0 Å². The van der Waals surface area contributed by atoms with Gasteiger partial charge in [0.1, 0.15) is 5.75 Å². The molecule has 17 heavy (non-hydrogen) atoms. The van der Waals surface area contributed by atoms with Gasteiger partial charge in [0, 0.05) is 5.88 Å². The Hall–Kier alpha value is -0.990. The quantitative estimate of drug-likeness (QED) is 0.399. The lowest BCUT2D eigenvalue weighted by Gasteiger charge is -2.03. The van der Waals surface area contributed by atoms with Crippen LogP contribution < -0.4 is 4.74 Å². The number of alkyl halides is 1. The number of halogens is 1. The van der Waals surface area contributed by atoms with Gasteiger partial charge in [-0.05, 0) is 30.5 Å². The predicted octanol–water partition coefficient (Wildman–Crippen LogP) is 3.79. The summed E-state index contributed by atoms with van der Waals surface area (Å²) >= 11 is 5.57.